The molecule has 0 radical (unpaired) electrons. The molecule has 2 heterocycles. The first kappa shape index (κ1) is 32.8. The third-order valence-corrected chi connectivity index (χ3v) is 13.4. The predicted molar refractivity (Wildman–Crippen MR) is 154 cm³/mol. The van der Waals surface area contributed by atoms with Crippen molar-refractivity contribution in [2.75, 3.05) is 13.7 Å². The standard InChI is InChI=1S/C28H33F3N2O8SSi/c1-18-16-33(26(35)32-24(18)34)25-23(38-5)22(41-42(36,37)28(29,30)31)21(40-25)17-39-43(27(2,3)4,19-12-8-6-9-13-19)20-14-10-7-11-15-20/h6-16,21-23,25H,17H2,1-5H3,(H,32,34,35)/t21-,22-,23-,25-/m1/s1. The van der Waals surface area contributed by atoms with E-state index >= 15 is 0 Å². The van der Waals surface area contributed by atoms with Gasteiger partial charge in [-0.05, 0) is 22.3 Å². The first-order valence-corrected chi connectivity index (χ1v) is 16.6. The van der Waals surface area contributed by atoms with E-state index in [0.29, 0.717) is 0 Å². The van der Waals surface area contributed by atoms with Gasteiger partial charge in [-0.15, -0.1) is 0 Å². The molecule has 0 unspecified atom stereocenters. The Bertz CT molecular complexity index is 1600. The van der Waals surface area contributed by atoms with Crippen molar-refractivity contribution in [1.82, 2.24) is 9.55 Å². The van der Waals surface area contributed by atoms with Crippen molar-refractivity contribution >= 4 is 28.8 Å². The van der Waals surface area contributed by atoms with Gasteiger partial charge >= 0.3 is 21.3 Å². The lowest BCUT2D eigenvalue weighted by Crippen LogP contribution is -2.67. The number of halogens is 3. The van der Waals surface area contributed by atoms with E-state index in [0.717, 1.165) is 28.2 Å². The Morgan fingerprint density at radius 1 is 0.953 bits per heavy atom. The van der Waals surface area contributed by atoms with Gasteiger partial charge in [-0.25, -0.2) is 4.79 Å². The molecule has 1 N–H and O–H groups in total. The van der Waals surface area contributed by atoms with Crippen LogP contribution < -0.4 is 21.6 Å². The van der Waals surface area contributed by atoms with Crippen LogP contribution in [0.5, 0.6) is 0 Å². The van der Waals surface area contributed by atoms with Crippen LogP contribution in [-0.4, -0.2) is 63.8 Å². The monoisotopic (exact) mass is 642 g/mol. The number of H-pyrrole nitrogens is 1. The molecule has 1 aliphatic heterocycles. The van der Waals surface area contributed by atoms with Crippen LogP contribution in [0.4, 0.5) is 13.2 Å². The number of ether oxygens (including phenoxy) is 2. The largest absolute Gasteiger partial charge is 0.523 e. The number of aryl methyl sites for hydroxylation is 1. The van der Waals surface area contributed by atoms with Crippen LogP contribution in [0.15, 0.2) is 76.4 Å². The topological polar surface area (TPSA) is 126 Å². The molecule has 4 rings (SSSR count). The maximum atomic E-state index is 13.5. The van der Waals surface area contributed by atoms with Crippen LogP contribution >= 0.6 is 0 Å². The highest BCUT2D eigenvalue weighted by molar-refractivity contribution is 7.87. The Morgan fingerprint density at radius 3 is 1.95 bits per heavy atom. The van der Waals surface area contributed by atoms with Gasteiger partial charge in [0.05, 0.1) is 6.61 Å². The number of nitrogens with one attached hydrogen (secondary N) is 1. The van der Waals surface area contributed by atoms with E-state index in [1.807, 2.05) is 81.4 Å². The summed E-state index contributed by atoms with van der Waals surface area (Å²) >= 11 is 0. The minimum absolute atomic E-state index is 0.102. The summed E-state index contributed by atoms with van der Waals surface area (Å²) in [6, 6.07) is 18.7. The number of nitrogens with zero attached hydrogens (tertiary/aromatic N) is 1. The zero-order valence-corrected chi connectivity index (χ0v) is 25.9. The molecular weight excluding hydrogens is 609 g/mol. The number of rotatable bonds is 9. The van der Waals surface area contributed by atoms with Crippen LogP contribution in [0.3, 0.4) is 0 Å². The Hall–Kier alpha value is -3.08. The summed E-state index contributed by atoms with van der Waals surface area (Å²) in [5.74, 6) is 0. The molecule has 0 bridgehead atoms. The first-order valence-electron chi connectivity index (χ1n) is 13.3. The van der Waals surface area contributed by atoms with Gasteiger partial charge in [0.25, 0.3) is 13.9 Å². The Kier molecular flexibility index (Phi) is 9.26. The number of hydrogen-bond donors (Lipinski definition) is 1. The molecule has 1 aromatic heterocycles. The van der Waals surface area contributed by atoms with Gasteiger partial charge in [0.15, 0.2) is 6.23 Å². The van der Waals surface area contributed by atoms with E-state index in [9.17, 15) is 31.2 Å². The fourth-order valence-electron chi connectivity index (χ4n) is 5.38. The quantitative estimate of drug-likeness (QED) is 0.215. The van der Waals surface area contributed by atoms with E-state index in [1.54, 1.807) is 0 Å². The van der Waals surface area contributed by atoms with E-state index in [1.165, 1.54) is 6.92 Å². The minimum Gasteiger partial charge on any atom is -0.405 e. The number of methoxy groups -OCH3 is 1. The molecule has 0 aliphatic carbocycles. The van der Waals surface area contributed by atoms with Gasteiger partial charge in [0.2, 0.25) is 0 Å². The van der Waals surface area contributed by atoms with Gasteiger partial charge in [-0.1, -0.05) is 81.4 Å². The third-order valence-electron chi connectivity index (χ3n) is 7.38. The summed E-state index contributed by atoms with van der Waals surface area (Å²) < 4.78 is 88.8. The van der Waals surface area contributed by atoms with Crippen LogP contribution in [0.25, 0.3) is 0 Å². The molecule has 0 saturated carbocycles. The van der Waals surface area contributed by atoms with Crippen molar-refractivity contribution in [3.8, 4) is 0 Å². The summed E-state index contributed by atoms with van der Waals surface area (Å²) in [5, 5.41) is 1.19. The zero-order chi connectivity index (χ0) is 31.8. The smallest absolute Gasteiger partial charge is 0.405 e. The summed E-state index contributed by atoms with van der Waals surface area (Å²) in [6.45, 7) is 6.96. The lowest BCUT2D eigenvalue weighted by atomic mass is 10.1. The Labute approximate surface area is 247 Å². The average Bonchev–Trinajstić information content (AvgIpc) is 3.27. The molecule has 3 aromatic rings. The van der Waals surface area contributed by atoms with Gasteiger partial charge in [-0.2, -0.15) is 21.6 Å². The second-order valence-electron chi connectivity index (χ2n) is 11.2. The molecule has 1 aliphatic rings. The van der Waals surface area contributed by atoms with Crippen molar-refractivity contribution in [3.05, 3.63) is 93.3 Å². The third kappa shape index (κ3) is 6.28. The highest BCUT2D eigenvalue weighted by Gasteiger charge is 2.57. The van der Waals surface area contributed by atoms with E-state index in [4.69, 9.17) is 18.1 Å². The molecule has 0 amide bonds. The maximum Gasteiger partial charge on any atom is 0.523 e. The predicted octanol–water partition coefficient (Wildman–Crippen LogP) is 2.57. The average molecular weight is 643 g/mol. The summed E-state index contributed by atoms with van der Waals surface area (Å²) in [7, 11) is -8.27. The minimum atomic E-state index is -6.12. The molecule has 43 heavy (non-hydrogen) atoms. The van der Waals surface area contributed by atoms with Crippen molar-refractivity contribution in [2.45, 2.75) is 62.8 Å². The lowest BCUT2D eigenvalue weighted by molar-refractivity contribution is -0.0672. The lowest BCUT2D eigenvalue weighted by Gasteiger charge is -2.43. The fourth-order valence-corrected chi connectivity index (χ4v) is 10.6. The molecular formula is C28H33F3N2O8SSi. The van der Waals surface area contributed by atoms with Crippen LogP contribution in [0, 0.1) is 6.92 Å². The molecule has 0 spiro atoms. The molecule has 1 saturated heterocycles. The van der Waals surface area contributed by atoms with Gasteiger partial charge in [0, 0.05) is 18.9 Å². The van der Waals surface area contributed by atoms with Crippen molar-refractivity contribution in [3.63, 3.8) is 0 Å². The summed E-state index contributed by atoms with van der Waals surface area (Å²) in [5.41, 5.74) is -7.25. The highest BCUT2D eigenvalue weighted by atomic mass is 32.2. The second-order valence-corrected chi connectivity index (χ2v) is 17.0. The van der Waals surface area contributed by atoms with E-state index in [2.05, 4.69) is 4.98 Å². The Morgan fingerprint density at radius 2 is 1.49 bits per heavy atom. The Balaban J connectivity index is 1.83. The molecule has 15 heteroatoms. The SMILES string of the molecule is CO[C@@H]1[C@H](OS(=O)(=O)C(F)(F)F)[C@@H](CO[Si](c2ccccc2)(c2ccccc2)C(C)(C)C)O[C@H]1n1cc(C)c(=O)[nH]c1=O. The maximum absolute atomic E-state index is 13.5. The second kappa shape index (κ2) is 12.1. The zero-order valence-electron chi connectivity index (χ0n) is 24.1. The fraction of sp³-hybridized carbons (Fsp3) is 0.429. The molecule has 234 valence electrons. The first-order chi connectivity index (χ1) is 20.0. The van der Waals surface area contributed by atoms with Gasteiger partial charge in [0.1, 0.15) is 18.3 Å². The molecule has 10 nitrogen and oxygen atoms in total. The van der Waals surface area contributed by atoms with Crippen molar-refractivity contribution in [2.24, 2.45) is 0 Å². The van der Waals surface area contributed by atoms with E-state index < -0.39 is 71.4 Å². The van der Waals surface area contributed by atoms with Crippen LogP contribution in [0.2, 0.25) is 5.04 Å². The van der Waals surface area contributed by atoms with E-state index in [-0.39, 0.29) is 5.56 Å². The van der Waals surface area contributed by atoms with Crippen LogP contribution in [-0.2, 0) is 28.2 Å². The number of aromatic nitrogens is 2. The normalized spacial score (nSPS) is 21.7. The van der Waals surface area contributed by atoms with Crippen LogP contribution in [0.1, 0.15) is 32.6 Å². The van der Waals surface area contributed by atoms with Crippen molar-refractivity contribution < 1.29 is 39.7 Å². The summed E-state index contributed by atoms with van der Waals surface area (Å²) in [6.07, 6.45) is -5.16. The number of aromatic amines is 1. The summed E-state index contributed by atoms with van der Waals surface area (Å²) in [4.78, 5) is 26.8. The molecule has 4 atom stereocenters. The van der Waals surface area contributed by atoms with Gasteiger partial charge in [-0.3, -0.25) is 18.5 Å². The number of benzene rings is 2. The number of hydrogen-bond acceptors (Lipinski definition) is 8. The molecule has 1 fully saturated rings. The molecule has 2 aromatic carbocycles. The number of alkyl halides is 3. The highest BCUT2D eigenvalue weighted by Crippen LogP contribution is 2.40. The van der Waals surface area contributed by atoms with Gasteiger partial charge < -0.3 is 13.9 Å². The van der Waals surface area contributed by atoms with Crippen molar-refractivity contribution in [1.29, 1.82) is 0 Å².